The lowest BCUT2D eigenvalue weighted by atomic mass is 10.2. The molecule has 0 saturated carbocycles. The molecule has 1 N–H and O–H groups in total. The first-order chi connectivity index (χ1) is 11.6. The lowest BCUT2D eigenvalue weighted by molar-refractivity contribution is -0.117. The number of pyridine rings is 1. The SMILES string of the molecule is O=C(CN1CCN(c2ccccc2Cl)CC1)Nc1cccnc1Cl. The van der Waals surface area contributed by atoms with Crippen molar-refractivity contribution >= 4 is 40.5 Å². The van der Waals surface area contributed by atoms with Crippen LogP contribution < -0.4 is 10.2 Å². The number of halogens is 2. The van der Waals surface area contributed by atoms with E-state index in [9.17, 15) is 4.79 Å². The molecule has 5 nitrogen and oxygen atoms in total. The van der Waals surface area contributed by atoms with Crippen LogP contribution in [0.4, 0.5) is 11.4 Å². The van der Waals surface area contributed by atoms with E-state index in [1.54, 1.807) is 18.3 Å². The van der Waals surface area contributed by atoms with Gasteiger partial charge in [-0.3, -0.25) is 9.69 Å². The smallest absolute Gasteiger partial charge is 0.238 e. The zero-order chi connectivity index (χ0) is 16.9. The minimum atomic E-state index is -0.0870. The van der Waals surface area contributed by atoms with Gasteiger partial charge < -0.3 is 10.2 Å². The Morgan fingerprint density at radius 1 is 1.08 bits per heavy atom. The second-order valence-corrected chi connectivity index (χ2v) is 6.37. The summed E-state index contributed by atoms with van der Waals surface area (Å²) in [7, 11) is 0. The molecular formula is C17H18Cl2N4O. The third-order valence-corrected chi connectivity index (χ3v) is 4.59. The summed E-state index contributed by atoms with van der Waals surface area (Å²) in [5, 5.41) is 3.86. The fourth-order valence-electron chi connectivity index (χ4n) is 2.73. The number of para-hydroxylation sites is 1. The molecule has 24 heavy (non-hydrogen) atoms. The van der Waals surface area contributed by atoms with E-state index in [4.69, 9.17) is 23.2 Å². The van der Waals surface area contributed by atoms with E-state index in [0.717, 1.165) is 36.9 Å². The molecule has 0 atom stereocenters. The number of rotatable bonds is 4. The lowest BCUT2D eigenvalue weighted by Crippen LogP contribution is -2.48. The fraction of sp³-hybridized carbons (Fsp3) is 0.294. The van der Waals surface area contributed by atoms with Crippen molar-refractivity contribution in [1.29, 1.82) is 0 Å². The Balaban J connectivity index is 1.51. The second kappa shape index (κ2) is 7.83. The van der Waals surface area contributed by atoms with E-state index in [1.165, 1.54) is 0 Å². The molecular weight excluding hydrogens is 347 g/mol. The lowest BCUT2D eigenvalue weighted by Gasteiger charge is -2.36. The van der Waals surface area contributed by atoms with E-state index in [2.05, 4.69) is 20.1 Å². The molecule has 2 heterocycles. The van der Waals surface area contributed by atoms with Gasteiger partial charge in [-0.25, -0.2) is 4.98 Å². The number of aromatic nitrogens is 1. The van der Waals surface area contributed by atoms with Crippen LogP contribution in [0.1, 0.15) is 0 Å². The van der Waals surface area contributed by atoms with Gasteiger partial charge in [0.2, 0.25) is 5.91 Å². The first-order valence-electron chi connectivity index (χ1n) is 7.75. The van der Waals surface area contributed by atoms with Crippen molar-refractivity contribution < 1.29 is 4.79 Å². The normalized spacial score (nSPS) is 15.3. The Hall–Kier alpha value is -1.82. The highest BCUT2D eigenvalue weighted by molar-refractivity contribution is 6.33. The Morgan fingerprint density at radius 3 is 2.54 bits per heavy atom. The number of nitrogens with zero attached hydrogens (tertiary/aromatic N) is 3. The van der Waals surface area contributed by atoms with E-state index in [1.807, 2.05) is 24.3 Å². The van der Waals surface area contributed by atoms with Gasteiger partial charge in [0.05, 0.1) is 22.9 Å². The molecule has 0 bridgehead atoms. The van der Waals surface area contributed by atoms with Gasteiger partial charge in [-0.15, -0.1) is 0 Å². The summed E-state index contributed by atoms with van der Waals surface area (Å²) in [6.45, 7) is 3.62. The van der Waals surface area contributed by atoms with Crippen LogP contribution in [0.3, 0.4) is 0 Å². The van der Waals surface area contributed by atoms with Crippen molar-refractivity contribution in [3.8, 4) is 0 Å². The average Bonchev–Trinajstić information content (AvgIpc) is 2.58. The van der Waals surface area contributed by atoms with Crippen molar-refractivity contribution in [3.63, 3.8) is 0 Å². The standard InChI is InChI=1S/C17H18Cl2N4O/c18-13-4-1-2-6-15(13)23-10-8-22(9-11-23)12-16(24)21-14-5-3-7-20-17(14)19/h1-7H,8-12H2,(H,21,24). The monoisotopic (exact) mass is 364 g/mol. The molecule has 7 heteroatoms. The number of piperazine rings is 1. The zero-order valence-electron chi connectivity index (χ0n) is 13.1. The zero-order valence-corrected chi connectivity index (χ0v) is 14.6. The molecule has 0 unspecified atom stereocenters. The highest BCUT2D eigenvalue weighted by Crippen LogP contribution is 2.26. The summed E-state index contributed by atoms with van der Waals surface area (Å²) in [6.07, 6.45) is 1.59. The van der Waals surface area contributed by atoms with E-state index < -0.39 is 0 Å². The Labute approximate surface area is 151 Å². The molecule has 126 valence electrons. The van der Waals surface area contributed by atoms with Gasteiger partial charge in [0.1, 0.15) is 0 Å². The Morgan fingerprint density at radius 2 is 1.83 bits per heavy atom. The van der Waals surface area contributed by atoms with Crippen LogP contribution in [-0.2, 0) is 4.79 Å². The third-order valence-electron chi connectivity index (χ3n) is 3.97. The van der Waals surface area contributed by atoms with Gasteiger partial charge in [0.25, 0.3) is 0 Å². The van der Waals surface area contributed by atoms with Gasteiger partial charge in [-0.2, -0.15) is 0 Å². The molecule has 1 aliphatic rings. The maximum Gasteiger partial charge on any atom is 0.238 e. The van der Waals surface area contributed by atoms with Crippen molar-refractivity contribution in [3.05, 3.63) is 52.8 Å². The molecule has 1 saturated heterocycles. The van der Waals surface area contributed by atoms with Crippen LogP contribution in [0.5, 0.6) is 0 Å². The van der Waals surface area contributed by atoms with E-state index >= 15 is 0 Å². The summed E-state index contributed by atoms with van der Waals surface area (Å²) in [6, 6.07) is 11.3. The fourth-order valence-corrected chi connectivity index (χ4v) is 3.15. The van der Waals surface area contributed by atoms with Crippen LogP contribution >= 0.6 is 23.2 Å². The molecule has 2 aromatic rings. The van der Waals surface area contributed by atoms with Crippen LogP contribution in [0.2, 0.25) is 10.2 Å². The van der Waals surface area contributed by atoms with Gasteiger partial charge >= 0.3 is 0 Å². The number of hydrogen-bond donors (Lipinski definition) is 1. The number of nitrogens with one attached hydrogen (secondary N) is 1. The highest BCUT2D eigenvalue weighted by Gasteiger charge is 2.20. The quantitative estimate of drug-likeness (QED) is 0.846. The molecule has 1 aromatic carbocycles. The van der Waals surface area contributed by atoms with Gasteiger partial charge in [0, 0.05) is 32.4 Å². The van der Waals surface area contributed by atoms with Crippen molar-refractivity contribution in [2.75, 3.05) is 42.9 Å². The molecule has 0 aliphatic carbocycles. The molecule has 1 aromatic heterocycles. The van der Waals surface area contributed by atoms with Crippen molar-refractivity contribution in [2.24, 2.45) is 0 Å². The first-order valence-corrected chi connectivity index (χ1v) is 8.51. The summed E-state index contributed by atoms with van der Waals surface area (Å²) < 4.78 is 0. The Bertz CT molecular complexity index is 717. The van der Waals surface area contributed by atoms with Crippen molar-refractivity contribution in [2.45, 2.75) is 0 Å². The molecule has 1 amide bonds. The summed E-state index contributed by atoms with van der Waals surface area (Å²) >= 11 is 12.2. The number of benzene rings is 1. The maximum absolute atomic E-state index is 12.2. The first kappa shape index (κ1) is 17.0. The van der Waals surface area contributed by atoms with Gasteiger partial charge in [-0.05, 0) is 24.3 Å². The molecule has 3 rings (SSSR count). The maximum atomic E-state index is 12.2. The van der Waals surface area contributed by atoms with Crippen LogP contribution in [0.25, 0.3) is 0 Å². The predicted octanol–water partition coefficient (Wildman–Crippen LogP) is 3.15. The summed E-state index contributed by atoms with van der Waals surface area (Å²) in [4.78, 5) is 20.5. The molecule has 0 spiro atoms. The molecule has 0 radical (unpaired) electrons. The summed E-state index contributed by atoms with van der Waals surface area (Å²) in [5.41, 5.74) is 1.59. The average molecular weight is 365 g/mol. The minimum absolute atomic E-state index is 0.0870. The summed E-state index contributed by atoms with van der Waals surface area (Å²) in [5.74, 6) is -0.0870. The third kappa shape index (κ3) is 4.17. The minimum Gasteiger partial charge on any atom is -0.368 e. The topological polar surface area (TPSA) is 48.5 Å². The van der Waals surface area contributed by atoms with Crippen LogP contribution in [0.15, 0.2) is 42.6 Å². The van der Waals surface area contributed by atoms with E-state index in [-0.39, 0.29) is 5.91 Å². The number of amides is 1. The number of carbonyl (C=O) groups is 1. The van der Waals surface area contributed by atoms with Gasteiger partial charge in [0.15, 0.2) is 5.15 Å². The number of carbonyl (C=O) groups excluding carboxylic acids is 1. The Kier molecular flexibility index (Phi) is 5.56. The largest absolute Gasteiger partial charge is 0.368 e. The van der Waals surface area contributed by atoms with Crippen molar-refractivity contribution in [1.82, 2.24) is 9.88 Å². The number of anilines is 2. The van der Waals surface area contributed by atoms with E-state index in [0.29, 0.717) is 17.4 Å². The van der Waals surface area contributed by atoms with Crippen LogP contribution in [-0.4, -0.2) is 48.5 Å². The molecule has 1 fully saturated rings. The van der Waals surface area contributed by atoms with Crippen LogP contribution in [0, 0.1) is 0 Å². The molecule has 1 aliphatic heterocycles. The predicted molar refractivity (Wildman–Crippen MR) is 98.0 cm³/mol. The highest BCUT2D eigenvalue weighted by atomic mass is 35.5. The van der Waals surface area contributed by atoms with Gasteiger partial charge in [-0.1, -0.05) is 35.3 Å². The number of hydrogen-bond acceptors (Lipinski definition) is 4. The second-order valence-electron chi connectivity index (χ2n) is 5.60.